The molecule has 1 fully saturated rings. The van der Waals surface area contributed by atoms with Crippen LogP contribution in [0.25, 0.3) is 0 Å². The average Bonchev–Trinajstić information content (AvgIpc) is 2.97. The number of anilines is 2. The van der Waals surface area contributed by atoms with E-state index in [0.717, 1.165) is 31.2 Å². The summed E-state index contributed by atoms with van der Waals surface area (Å²) in [5.74, 6) is -0.164. The Labute approximate surface area is 241 Å². The van der Waals surface area contributed by atoms with Gasteiger partial charge >= 0.3 is 0 Å². The number of hydrogen-bond donors (Lipinski definition) is 2. The monoisotopic (exact) mass is 560 g/mol. The van der Waals surface area contributed by atoms with Crippen LogP contribution in [0.2, 0.25) is 5.02 Å². The SMILES string of the molecule is CCc1ccccc1N(C(=O)CCCC(=O)Nc1ccccn1)[C@@H](C(=O)NC1CCCCC1)c1ccc(Cl)cc1. The number of nitrogens with zero attached hydrogens (tertiary/aromatic N) is 2. The molecule has 1 aliphatic rings. The molecule has 40 heavy (non-hydrogen) atoms. The van der Waals surface area contributed by atoms with Crippen LogP contribution in [-0.4, -0.2) is 28.7 Å². The first-order valence-electron chi connectivity index (χ1n) is 14.1. The lowest BCUT2D eigenvalue weighted by atomic mass is 9.94. The Kier molecular flexibility index (Phi) is 10.7. The molecule has 0 radical (unpaired) electrons. The summed E-state index contributed by atoms with van der Waals surface area (Å²) in [5.41, 5.74) is 2.35. The third-order valence-corrected chi connectivity index (χ3v) is 7.52. The number of carbonyl (C=O) groups excluding carboxylic acids is 3. The minimum Gasteiger partial charge on any atom is -0.351 e. The minimum absolute atomic E-state index is 0.0877. The number of halogens is 1. The number of aryl methyl sites for hydroxylation is 1. The second-order valence-electron chi connectivity index (χ2n) is 10.2. The molecule has 0 saturated heterocycles. The van der Waals surface area contributed by atoms with E-state index in [1.165, 1.54) is 6.42 Å². The molecule has 3 aromatic rings. The summed E-state index contributed by atoms with van der Waals surface area (Å²) in [6.07, 6.45) is 8.11. The Hall–Kier alpha value is -3.71. The van der Waals surface area contributed by atoms with E-state index in [4.69, 9.17) is 11.6 Å². The Morgan fingerprint density at radius 1 is 0.950 bits per heavy atom. The van der Waals surface area contributed by atoms with Gasteiger partial charge in [-0.25, -0.2) is 4.98 Å². The zero-order valence-electron chi connectivity index (χ0n) is 22.9. The number of aromatic nitrogens is 1. The highest BCUT2D eigenvalue weighted by molar-refractivity contribution is 6.30. The van der Waals surface area contributed by atoms with E-state index in [1.54, 1.807) is 41.4 Å². The third kappa shape index (κ3) is 7.92. The number of nitrogens with one attached hydrogen (secondary N) is 2. The van der Waals surface area contributed by atoms with E-state index >= 15 is 0 Å². The molecule has 7 nitrogen and oxygen atoms in total. The molecule has 0 spiro atoms. The fraction of sp³-hybridized carbons (Fsp3) is 0.375. The van der Waals surface area contributed by atoms with Crippen molar-refractivity contribution < 1.29 is 14.4 Å². The van der Waals surface area contributed by atoms with E-state index in [2.05, 4.69) is 15.6 Å². The second-order valence-corrected chi connectivity index (χ2v) is 10.6. The first-order valence-corrected chi connectivity index (χ1v) is 14.5. The summed E-state index contributed by atoms with van der Waals surface area (Å²) in [4.78, 5) is 46.2. The first kappa shape index (κ1) is 29.3. The lowest BCUT2D eigenvalue weighted by molar-refractivity contribution is -0.127. The van der Waals surface area contributed by atoms with Crippen molar-refractivity contribution in [2.24, 2.45) is 0 Å². The van der Waals surface area contributed by atoms with Crippen molar-refractivity contribution in [2.75, 3.05) is 10.2 Å². The Balaban J connectivity index is 1.60. The summed E-state index contributed by atoms with van der Waals surface area (Å²) in [6, 6.07) is 19.3. The van der Waals surface area contributed by atoms with E-state index < -0.39 is 6.04 Å². The molecule has 1 saturated carbocycles. The molecule has 1 aromatic heterocycles. The maximum atomic E-state index is 14.0. The van der Waals surface area contributed by atoms with E-state index in [0.29, 0.717) is 34.9 Å². The van der Waals surface area contributed by atoms with Gasteiger partial charge in [0.25, 0.3) is 0 Å². The van der Waals surface area contributed by atoms with Crippen LogP contribution in [0.4, 0.5) is 11.5 Å². The highest BCUT2D eigenvalue weighted by Gasteiger charge is 2.34. The van der Waals surface area contributed by atoms with Crippen LogP contribution >= 0.6 is 11.6 Å². The quantitative estimate of drug-likeness (QED) is 0.275. The number of para-hydroxylation sites is 1. The highest BCUT2D eigenvalue weighted by atomic mass is 35.5. The lowest BCUT2D eigenvalue weighted by Crippen LogP contribution is -2.47. The van der Waals surface area contributed by atoms with Gasteiger partial charge in [0.15, 0.2) is 0 Å². The highest BCUT2D eigenvalue weighted by Crippen LogP contribution is 2.33. The van der Waals surface area contributed by atoms with Crippen molar-refractivity contribution in [3.05, 3.63) is 89.1 Å². The number of pyridine rings is 1. The Morgan fingerprint density at radius 2 is 1.68 bits per heavy atom. The zero-order valence-corrected chi connectivity index (χ0v) is 23.7. The van der Waals surface area contributed by atoms with Crippen LogP contribution < -0.4 is 15.5 Å². The summed E-state index contributed by atoms with van der Waals surface area (Å²) >= 11 is 6.19. The smallest absolute Gasteiger partial charge is 0.248 e. The zero-order chi connectivity index (χ0) is 28.3. The van der Waals surface area contributed by atoms with Crippen molar-refractivity contribution in [3.8, 4) is 0 Å². The number of hydrogen-bond acceptors (Lipinski definition) is 4. The topological polar surface area (TPSA) is 91.4 Å². The van der Waals surface area contributed by atoms with Gasteiger partial charge in [-0.15, -0.1) is 0 Å². The van der Waals surface area contributed by atoms with Crippen LogP contribution in [0.5, 0.6) is 0 Å². The molecule has 2 N–H and O–H groups in total. The van der Waals surface area contributed by atoms with Crippen molar-refractivity contribution in [2.45, 2.75) is 76.8 Å². The largest absolute Gasteiger partial charge is 0.351 e. The number of amides is 3. The van der Waals surface area contributed by atoms with Gasteiger partial charge in [0.2, 0.25) is 17.7 Å². The maximum Gasteiger partial charge on any atom is 0.248 e. The van der Waals surface area contributed by atoms with Gasteiger partial charge < -0.3 is 10.6 Å². The molecular weight excluding hydrogens is 524 g/mol. The van der Waals surface area contributed by atoms with Crippen LogP contribution in [-0.2, 0) is 20.8 Å². The molecule has 2 aromatic carbocycles. The third-order valence-electron chi connectivity index (χ3n) is 7.27. The maximum absolute atomic E-state index is 14.0. The van der Waals surface area contributed by atoms with Crippen LogP contribution in [0, 0.1) is 0 Å². The van der Waals surface area contributed by atoms with Gasteiger partial charge in [-0.05, 0) is 67.1 Å². The Bertz CT molecular complexity index is 1280. The summed E-state index contributed by atoms with van der Waals surface area (Å²) in [5, 5.41) is 6.56. The summed E-state index contributed by atoms with van der Waals surface area (Å²) in [7, 11) is 0. The first-order chi connectivity index (χ1) is 19.5. The van der Waals surface area contributed by atoms with Crippen LogP contribution in [0.15, 0.2) is 72.9 Å². The van der Waals surface area contributed by atoms with Gasteiger partial charge in [0.1, 0.15) is 11.9 Å². The molecule has 3 amide bonds. The van der Waals surface area contributed by atoms with Gasteiger partial charge in [0, 0.05) is 35.8 Å². The van der Waals surface area contributed by atoms with Crippen LogP contribution in [0.1, 0.15) is 75.5 Å². The van der Waals surface area contributed by atoms with Gasteiger partial charge in [0.05, 0.1) is 0 Å². The minimum atomic E-state index is -0.873. The molecule has 0 aliphatic heterocycles. The average molecular weight is 561 g/mol. The van der Waals surface area contributed by atoms with Crippen molar-refractivity contribution >= 4 is 40.8 Å². The fourth-order valence-corrected chi connectivity index (χ4v) is 5.34. The fourth-order valence-electron chi connectivity index (χ4n) is 5.21. The molecular formula is C32H37ClN4O3. The van der Waals surface area contributed by atoms with Gasteiger partial charge in [-0.1, -0.05) is 74.2 Å². The standard InChI is InChI=1S/C32H37ClN4O3/c1-2-23-11-6-7-14-27(23)37(30(39)17-10-16-29(38)36-28-15-8-9-22-34-28)31(24-18-20-25(33)21-19-24)32(40)35-26-12-4-3-5-13-26/h6-9,11,14-15,18-22,26,31H,2-5,10,12-13,16-17H2,1H3,(H,35,40)(H,34,36,38)/t31-/m1/s1. The normalized spacial score (nSPS) is 14.2. The summed E-state index contributed by atoms with van der Waals surface area (Å²) < 4.78 is 0. The Morgan fingerprint density at radius 3 is 2.38 bits per heavy atom. The predicted octanol–water partition coefficient (Wildman–Crippen LogP) is 6.63. The number of benzene rings is 2. The van der Waals surface area contributed by atoms with E-state index in [1.807, 2.05) is 43.3 Å². The van der Waals surface area contributed by atoms with E-state index in [-0.39, 0.29) is 36.6 Å². The van der Waals surface area contributed by atoms with Gasteiger partial charge in [-0.3, -0.25) is 19.3 Å². The predicted molar refractivity (Wildman–Crippen MR) is 159 cm³/mol. The lowest BCUT2D eigenvalue weighted by Gasteiger charge is -2.34. The van der Waals surface area contributed by atoms with E-state index in [9.17, 15) is 14.4 Å². The molecule has 1 aliphatic carbocycles. The molecule has 4 rings (SSSR count). The molecule has 1 heterocycles. The molecule has 8 heteroatoms. The number of carbonyl (C=O) groups is 3. The number of rotatable bonds is 11. The van der Waals surface area contributed by atoms with Crippen molar-refractivity contribution in [3.63, 3.8) is 0 Å². The molecule has 0 unspecified atom stereocenters. The van der Waals surface area contributed by atoms with Crippen molar-refractivity contribution in [1.82, 2.24) is 10.3 Å². The molecule has 210 valence electrons. The summed E-state index contributed by atoms with van der Waals surface area (Å²) in [6.45, 7) is 2.03. The molecule has 0 bridgehead atoms. The molecule has 1 atom stereocenters. The van der Waals surface area contributed by atoms with Crippen LogP contribution in [0.3, 0.4) is 0 Å². The van der Waals surface area contributed by atoms with Crippen molar-refractivity contribution in [1.29, 1.82) is 0 Å². The second kappa shape index (κ2) is 14.6. The van der Waals surface area contributed by atoms with Gasteiger partial charge in [-0.2, -0.15) is 0 Å².